The van der Waals surface area contributed by atoms with Crippen LogP contribution in [-0.2, 0) is 14.3 Å². The van der Waals surface area contributed by atoms with E-state index in [4.69, 9.17) is 4.74 Å². The van der Waals surface area contributed by atoms with E-state index in [1.165, 1.54) is 141 Å². The van der Waals surface area contributed by atoms with Crippen molar-refractivity contribution in [1.82, 2.24) is 5.32 Å². The molecule has 3 N–H and O–H groups in total. The van der Waals surface area contributed by atoms with Gasteiger partial charge in [-0.1, -0.05) is 193 Å². The van der Waals surface area contributed by atoms with Crippen molar-refractivity contribution < 1.29 is 24.5 Å². The van der Waals surface area contributed by atoms with Crippen LogP contribution in [0.4, 0.5) is 0 Å². The molecule has 6 nitrogen and oxygen atoms in total. The van der Waals surface area contributed by atoms with Gasteiger partial charge in [-0.3, -0.25) is 9.59 Å². The first-order chi connectivity index (χ1) is 27.5. The average Bonchev–Trinajstić information content (AvgIpc) is 3.19. The van der Waals surface area contributed by atoms with Crippen molar-refractivity contribution in [3.8, 4) is 0 Å². The molecule has 0 aromatic heterocycles. The second-order valence-electron chi connectivity index (χ2n) is 16.9. The maximum atomic E-state index is 13.1. The summed E-state index contributed by atoms with van der Waals surface area (Å²) in [6.07, 6.45) is 49.5. The van der Waals surface area contributed by atoms with Gasteiger partial charge in [-0.05, 0) is 77.0 Å². The predicted octanol–water partition coefficient (Wildman–Crippen LogP) is 14.3. The highest BCUT2D eigenvalue weighted by Gasteiger charge is 2.24. The Morgan fingerprint density at radius 3 is 1.29 bits per heavy atom. The number of nitrogens with one attached hydrogen (secondary N) is 1. The molecule has 0 heterocycles. The van der Waals surface area contributed by atoms with Crippen molar-refractivity contribution in [1.29, 1.82) is 0 Å². The second-order valence-corrected chi connectivity index (χ2v) is 16.9. The highest BCUT2D eigenvalue weighted by atomic mass is 16.5. The minimum absolute atomic E-state index is 0.0692. The number of carbonyl (C=O) groups excluding carboxylic acids is 2. The topological polar surface area (TPSA) is 95.9 Å². The van der Waals surface area contributed by atoms with Crippen LogP contribution < -0.4 is 5.32 Å². The molecule has 0 spiro atoms. The minimum atomic E-state index is -0.787. The molecule has 0 bridgehead atoms. The van der Waals surface area contributed by atoms with Crippen molar-refractivity contribution in [2.24, 2.45) is 0 Å². The molecule has 330 valence electrons. The number of aliphatic hydroxyl groups excluding tert-OH is 2. The summed E-state index contributed by atoms with van der Waals surface area (Å²) in [5, 5.41) is 23.7. The third-order valence-corrected chi connectivity index (χ3v) is 11.3. The summed E-state index contributed by atoms with van der Waals surface area (Å²) in [7, 11) is 0. The van der Waals surface area contributed by atoms with E-state index in [9.17, 15) is 19.8 Å². The van der Waals surface area contributed by atoms with Crippen LogP contribution in [0.5, 0.6) is 0 Å². The zero-order valence-electron chi connectivity index (χ0n) is 37.5. The van der Waals surface area contributed by atoms with Crippen LogP contribution in [0.25, 0.3) is 0 Å². The first-order valence-electron chi connectivity index (χ1n) is 24.6. The van der Waals surface area contributed by atoms with Gasteiger partial charge in [-0.15, -0.1) is 0 Å². The van der Waals surface area contributed by atoms with Gasteiger partial charge in [0.15, 0.2) is 0 Å². The Labute approximate surface area is 348 Å². The van der Waals surface area contributed by atoms with Crippen LogP contribution >= 0.6 is 0 Å². The van der Waals surface area contributed by atoms with E-state index < -0.39 is 18.2 Å². The Hall–Kier alpha value is -1.66. The molecular formula is C50H95NO5. The molecular weight excluding hydrogens is 695 g/mol. The SMILES string of the molecule is CCCCCC/C=C\CCCCCCCC(CC(=O)NC(CO)C(O)CCCCCCCCCCCC)OC(=O)CCCCC/C=C\CCCCCCCCC. The summed E-state index contributed by atoms with van der Waals surface area (Å²) in [6, 6.07) is -0.701. The van der Waals surface area contributed by atoms with E-state index in [0.29, 0.717) is 19.3 Å². The molecule has 56 heavy (non-hydrogen) atoms. The Kier molecular flexibility index (Phi) is 43.1. The van der Waals surface area contributed by atoms with Crippen molar-refractivity contribution in [2.45, 2.75) is 277 Å². The van der Waals surface area contributed by atoms with Crippen molar-refractivity contribution in [3.63, 3.8) is 0 Å². The van der Waals surface area contributed by atoms with Crippen molar-refractivity contribution in [3.05, 3.63) is 24.3 Å². The van der Waals surface area contributed by atoms with Gasteiger partial charge in [0, 0.05) is 6.42 Å². The summed E-state index contributed by atoms with van der Waals surface area (Å²) >= 11 is 0. The number of aliphatic hydroxyl groups is 2. The van der Waals surface area contributed by atoms with Crippen molar-refractivity contribution >= 4 is 11.9 Å². The van der Waals surface area contributed by atoms with E-state index in [2.05, 4.69) is 50.4 Å². The highest BCUT2D eigenvalue weighted by molar-refractivity contribution is 5.77. The van der Waals surface area contributed by atoms with E-state index in [0.717, 1.165) is 70.6 Å². The number of hydrogen-bond donors (Lipinski definition) is 3. The first-order valence-corrected chi connectivity index (χ1v) is 24.6. The number of carbonyl (C=O) groups is 2. The third kappa shape index (κ3) is 39.2. The fourth-order valence-electron chi connectivity index (χ4n) is 7.48. The van der Waals surface area contributed by atoms with Crippen LogP contribution in [0.3, 0.4) is 0 Å². The highest BCUT2D eigenvalue weighted by Crippen LogP contribution is 2.17. The lowest BCUT2D eigenvalue weighted by atomic mass is 10.0. The smallest absolute Gasteiger partial charge is 0.306 e. The van der Waals surface area contributed by atoms with Gasteiger partial charge >= 0.3 is 5.97 Å². The zero-order valence-corrected chi connectivity index (χ0v) is 37.5. The third-order valence-electron chi connectivity index (χ3n) is 11.3. The van der Waals surface area contributed by atoms with Crippen LogP contribution in [0, 0.1) is 0 Å². The summed E-state index contributed by atoms with van der Waals surface area (Å²) < 4.78 is 5.91. The van der Waals surface area contributed by atoms with Crippen molar-refractivity contribution in [2.75, 3.05) is 6.61 Å². The first kappa shape index (κ1) is 54.3. The number of esters is 1. The molecule has 0 aromatic rings. The van der Waals surface area contributed by atoms with Crippen LogP contribution in [0.2, 0.25) is 0 Å². The number of amides is 1. The Morgan fingerprint density at radius 1 is 0.500 bits per heavy atom. The molecule has 0 fully saturated rings. The molecule has 0 aliphatic heterocycles. The monoisotopic (exact) mass is 790 g/mol. The molecule has 0 aromatic carbocycles. The standard InChI is InChI=1S/C50H95NO5/c1-4-7-10-13-16-19-22-24-26-28-31-34-37-40-43-50(55)56-46(41-38-35-32-29-27-25-23-20-17-14-11-8-5-2)44-49(54)51-47(45-52)48(53)42-39-36-33-30-21-18-15-12-9-6-3/h20,23,26,28,46-48,52-53H,4-19,21-22,24-25,27,29-45H2,1-3H3,(H,51,54)/b23-20-,28-26-. The van der Waals surface area contributed by atoms with Gasteiger partial charge in [0.05, 0.1) is 25.2 Å². The second kappa shape index (κ2) is 44.4. The van der Waals surface area contributed by atoms with Crippen LogP contribution in [-0.4, -0.2) is 46.9 Å². The molecule has 0 saturated heterocycles. The Bertz CT molecular complexity index is 889. The van der Waals surface area contributed by atoms with E-state index in [-0.39, 0.29) is 24.9 Å². The summed E-state index contributed by atoms with van der Waals surface area (Å²) in [4.78, 5) is 26.0. The number of rotatable bonds is 44. The van der Waals surface area contributed by atoms with E-state index in [1.807, 2.05) is 0 Å². The fourth-order valence-corrected chi connectivity index (χ4v) is 7.48. The van der Waals surface area contributed by atoms with Crippen LogP contribution in [0.15, 0.2) is 24.3 Å². The number of ether oxygens (including phenoxy) is 1. The van der Waals surface area contributed by atoms with Gasteiger partial charge < -0.3 is 20.3 Å². The lowest BCUT2D eigenvalue weighted by molar-refractivity contribution is -0.151. The number of allylic oxidation sites excluding steroid dienone is 4. The van der Waals surface area contributed by atoms with Gasteiger partial charge in [0.2, 0.25) is 5.91 Å². The molecule has 1 amide bonds. The predicted molar refractivity (Wildman–Crippen MR) is 241 cm³/mol. The molecule has 0 rings (SSSR count). The number of unbranched alkanes of at least 4 members (excludes halogenated alkanes) is 28. The average molecular weight is 790 g/mol. The molecule has 0 aliphatic carbocycles. The van der Waals surface area contributed by atoms with Gasteiger partial charge in [0.1, 0.15) is 6.10 Å². The Morgan fingerprint density at radius 2 is 0.857 bits per heavy atom. The molecule has 6 heteroatoms. The van der Waals surface area contributed by atoms with Gasteiger partial charge in [-0.25, -0.2) is 0 Å². The zero-order chi connectivity index (χ0) is 41.0. The van der Waals surface area contributed by atoms with E-state index >= 15 is 0 Å². The minimum Gasteiger partial charge on any atom is -0.462 e. The molecule has 0 radical (unpaired) electrons. The fraction of sp³-hybridized carbons (Fsp3) is 0.880. The maximum Gasteiger partial charge on any atom is 0.306 e. The van der Waals surface area contributed by atoms with Gasteiger partial charge in [0.25, 0.3) is 0 Å². The normalized spacial score (nSPS) is 13.4. The molecule has 3 atom stereocenters. The van der Waals surface area contributed by atoms with E-state index in [1.54, 1.807) is 0 Å². The molecule has 0 saturated carbocycles. The molecule has 3 unspecified atom stereocenters. The maximum absolute atomic E-state index is 13.1. The summed E-state index contributed by atoms with van der Waals surface area (Å²) in [5.41, 5.74) is 0. The Balaban J connectivity index is 4.60. The van der Waals surface area contributed by atoms with Gasteiger partial charge in [-0.2, -0.15) is 0 Å². The number of hydrogen-bond acceptors (Lipinski definition) is 5. The largest absolute Gasteiger partial charge is 0.462 e. The molecule has 0 aliphatic rings. The lowest BCUT2D eigenvalue weighted by Crippen LogP contribution is -2.46. The lowest BCUT2D eigenvalue weighted by Gasteiger charge is -2.24. The summed E-state index contributed by atoms with van der Waals surface area (Å²) in [5.74, 6) is -0.493. The summed E-state index contributed by atoms with van der Waals surface area (Å²) in [6.45, 7) is 6.45. The quantitative estimate of drug-likeness (QED) is 0.0324. The van der Waals surface area contributed by atoms with Crippen LogP contribution in [0.1, 0.15) is 258 Å².